The fourth-order valence-corrected chi connectivity index (χ4v) is 2.49. The minimum absolute atomic E-state index is 0.642. The Morgan fingerprint density at radius 1 is 0.609 bits per heavy atom. The summed E-state index contributed by atoms with van der Waals surface area (Å²) in [5, 5.41) is 1.64. The first-order valence-electron chi connectivity index (χ1n) is 7.48. The van der Waals surface area contributed by atoms with Crippen LogP contribution in [0, 0.1) is 0 Å². The molecule has 3 heteroatoms. The lowest BCUT2D eigenvalue weighted by Crippen LogP contribution is -2.31. The second-order valence-electron chi connectivity index (χ2n) is 5.20. The number of nitrogens with two attached hydrogens (primary N) is 2. The number of nitrogens with zero attached hydrogens (tertiary/aromatic N) is 1. The third-order valence-corrected chi connectivity index (χ3v) is 3.66. The molecular weight excluding hydrogens is 282 g/mol. The van der Waals surface area contributed by atoms with Crippen molar-refractivity contribution in [1.29, 1.82) is 0 Å². The lowest BCUT2D eigenvalue weighted by molar-refractivity contribution is 1.09. The van der Waals surface area contributed by atoms with Crippen molar-refractivity contribution in [1.82, 2.24) is 0 Å². The molecule has 0 fully saturated rings. The SMILES string of the molecule is N/C(=C(/c1ccccc1)N(N)c1ccccc1)c1ccccc1. The minimum atomic E-state index is 0.642. The van der Waals surface area contributed by atoms with Gasteiger partial charge in [0.25, 0.3) is 0 Å². The van der Waals surface area contributed by atoms with Crippen LogP contribution in [-0.2, 0) is 0 Å². The number of hydrogen-bond acceptors (Lipinski definition) is 3. The van der Waals surface area contributed by atoms with E-state index in [1.165, 1.54) is 0 Å². The molecule has 0 saturated heterocycles. The molecule has 0 amide bonds. The molecule has 3 aromatic carbocycles. The summed E-state index contributed by atoms with van der Waals surface area (Å²) in [6.45, 7) is 0. The fourth-order valence-electron chi connectivity index (χ4n) is 2.49. The van der Waals surface area contributed by atoms with Crippen LogP contribution in [0.25, 0.3) is 11.4 Å². The van der Waals surface area contributed by atoms with Crippen LogP contribution >= 0.6 is 0 Å². The molecule has 0 aliphatic heterocycles. The molecule has 0 saturated carbocycles. The van der Waals surface area contributed by atoms with Crippen LogP contribution in [-0.4, -0.2) is 0 Å². The van der Waals surface area contributed by atoms with Crippen LogP contribution in [0.1, 0.15) is 11.1 Å². The van der Waals surface area contributed by atoms with Crippen LogP contribution in [0.15, 0.2) is 91.0 Å². The van der Waals surface area contributed by atoms with Crippen molar-refractivity contribution in [3.8, 4) is 0 Å². The summed E-state index contributed by atoms with van der Waals surface area (Å²) in [7, 11) is 0. The van der Waals surface area contributed by atoms with Crippen LogP contribution in [0.4, 0.5) is 5.69 Å². The Labute approximate surface area is 136 Å². The first-order chi connectivity index (χ1) is 11.3. The van der Waals surface area contributed by atoms with Crippen molar-refractivity contribution in [3.63, 3.8) is 0 Å². The van der Waals surface area contributed by atoms with Crippen molar-refractivity contribution in [2.75, 3.05) is 5.01 Å². The summed E-state index contributed by atoms with van der Waals surface area (Å²) in [6, 6.07) is 29.6. The minimum Gasteiger partial charge on any atom is -0.396 e. The van der Waals surface area contributed by atoms with Gasteiger partial charge in [-0.15, -0.1) is 0 Å². The average molecular weight is 301 g/mol. The summed E-state index contributed by atoms with van der Waals surface area (Å²) in [4.78, 5) is 0. The quantitative estimate of drug-likeness (QED) is 0.437. The van der Waals surface area contributed by atoms with Gasteiger partial charge in [-0.05, 0) is 17.7 Å². The summed E-state index contributed by atoms with van der Waals surface area (Å²) in [5.74, 6) is 6.40. The van der Waals surface area contributed by atoms with E-state index in [9.17, 15) is 0 Å². The van der Waals surface area contributed by atoms with Crippen molar-refractivity contribution in [2.24, 2.45) is 11.6 Å². The zero-order valence-corrected chi connectivity index (χ0v) is 12.8. The fraction of sp³-hybridized carbons (Fsp3) is 0. The van der Waals surface area contributed by atoms with Gasteiger partial charge in [-0.25, -0.2) is 5.84 Å². The molecule has 3 rings (SSSR count). The van der Waals surface area contributed by atoms with Crippen LogP contribution in [0.5, 0.6) is 0 Å². The molecule has 23 heavy (non-hydrogen) atoms. The van der Waals surface area contributed by atoms with E-state index in [0.29, 0.717) is 5.70 Å². The van der Waals surface area contributed by atoms with Crippen molar-refractivity contribution < 1.29 is 0 Å². The topological polar surface area (TPSA) is 55.3 Å². The van der Waals surface area contributed by atoms with E-state index in [1.54, 1.807) is 5.01 Å². The number of hydrogen-bond donors (Lipinski definition) is 2. The van der Waals surface area contributed by atoms with E-state index in [2.05, 4.69) is 0 Å². The zero-order valence-electron chi connectivity index (χ0n) is 12.8. The second-order valence-corrected chi connectivity index (χ2v) is 5.20. The first kappa shape index (κ1) is 14.9. The molecule has 4 N–H and O–H groups in total. The van der Waals surface area contributed by atoms with Gasteiger partial charge in [0.2, 0.25) is 0 Å². The Kier molecular flexibility index (Phi) is 4.41. The molecule has 0 aliphatic rings. The van der Waals surface area contributed by atoms with Gasteiger partial charge >= 0.3 is 0 Å². The van der Waals surface area contributed by atoms with Crippen LogP contribution < -0.4 is 16.6 Å². The Hall–Kier alpha value is -3.04. The molecular formula is C20H19N3. The third-order valence-electron chi connectivity index (χ3n) is 3.66. The Morgan fingerprint density at radius 2 is 1.04 bits per heavy atom. The van der Waals surface area contributed by atoms with E-state index in [0.717, 1.165) is 22.5 Å². The normalized spacial score (nSPS) is 11.7. The highest BCUT2D eigenvalue weighted by Gasteiger charge is 2.15. The summed E-state index contributed by atoms with van der Waals surface area (Å²) < 4.78 is 0. The molecule has 3 nitrogen and oxygen atoms in total. The molecule has 0 aromatic heterocycles. The largest absolute Gasteiger partial charge is 0.396 e. The molecule has 0 unspecified atom stereocenters. The van der Waals surface area contributed by atoms with Crippen molar-refractivity contribution in [3.05, 3.63) is 102 Å². The third kappa shape index (κ3) is 3.25. The summed E-state index contributed by atoms with van der Waals surface area (Å²) in [6.07, 6.45) is 0. The maximum atomic E-state index is 6.47. The van der Waals surface area contributed by atoms with Gasteiger partial charge in [0.15, 0.2) is 0 Å². The molecule has 0 heterocycles. The first-order valence-corrected chi connectivity index (χ1v) is 7.48. The molecule has 0 spiro atoms. The number of benzene rings is 3. The summed E-state index contributed by atoms with van der Waals surface area (Å²) in [5.41, 5.74) is 10.7. The van der Waals surface area contributed by atoms with Crippen LogP contribution in [0.3, 0.4) is 0 Å². The van der Waals surface area contributed by atoms with E-state index in [4.69, 9.17) is 11.6 Å². The standard InChI is InChI=1S/C20H19N3/c21-19(16-10-4-1-5-11-16)20(17-12-6-2-7-13-17)23(22)18-14-8-3-9-15-18/h1-15H,21-22H2/b20-19-. The Morgan fingerprint density at radius 3 is 1.57 bits per heavy atom. The van der Waals surface area contributed by atoms with Gasteiger partial charge in [0.05, 0.1) is 17.1 Å². The number of rotatable bonds is 4. The molecule has 0 atom stereocenters. The predicted octanol–water partition coefficient (Wildman–Crippen LogP) is 3.85. The van der Waals surface area contributed by atoms with E-state index in [1.807, 2.05) is 91.0 Å². The maximum Gasteiger partial charge on any atom is 0.0882 e. The van der Waals surface area contributed by atoms with Gasteiger partial charge in [-0.3, -0.25) is 5.01 Å². The van der Waals surface area contributed by atoms with E-state index >= 15 is 0 Å². The molecule has 114 valence electrons. The highest BCUT2D eigenvalue weighted by atomic mass is 15.4. The van der Waals surface area contributed by atoms with Crippen molar-refractivity contribution in [2.45, 2.75) is 0 Å². The lowest BCUT2D eigenvalue weighted by Gasteiger charge is -2.24. The highest BCUT2D eigenvalue weighted by molar-refractivity contribution is 5.95. The second kappa shape index (κ2) is 6.81. The molecule has 0 aliphatic carbocycles. The van der Waals surface area contributed by atoms with E-state index in [-0.39, 0.29) is 0 Å². The highest BCUT2D eigenvalue weighted by Crippen LogP contribution is 2.28. The van der Waals surface area contributed by atoms with Gasteiger partial charge < -0.3 is 5.73 Å². The summed E-state index contributed by atoms with van der Waals surface area (Å²) >= 11 is 0. The smallest absolute Gasteiger partial charge is 0.0882 e. The zero-order chi connectivity index (χ0) is 16.1. The Bertz CT molecular complexity index is 781. The lowest BCUT2D eigenvalue weighted by atomic mass is 10.0. The van der Waals surface area contributed by atoms with Gasteiger partial charge in [0.1, 0.15) is 0 Å². The maximum absolute atomic E-state index is 6.47. The molecule has 3 aromatic rings. The molecule has 0 radical (unpaired) electrons. The number of anilines is 1. The van der Waals surface area contributed by atoms with Gasteiger partial charge in [-0.1, -0.05) is 78.9 Å². The predicted molar refractivity (Wildman–Crippen MR) is 97.0 cm³/mol. The van der Waals surface area contributed by atoms with Crippen LogP contribution in [0.2, 0.25) is 0 Å². The van der Waals surface area contributed by atoms with Gasteiger partial charge in [-0.2, -0.15) is 0 Å². The molecule has 0 bridgehead atoms. The average Bonchev–Trinajstić information content (AvgIpc) is 2.64. The number of para-hydroxylation sites is 1. The van der Waals surface area contributed by atoms with Gasteiger partial charge in [0, 0.05) is 5.56 Å². The monoisotopic (exact) mass is 301 g/mol. The van der Waals surface area contributed by atoms with Crippen molar-refractivity contribution >= 4 is 17.1 Å². The Balaban J connectivity index is 2.15. The number of hydrazine groups is 1. The van der Waals surface area contributed by atoms with E-state index < -0.39 is 0 Å².